The summed E-state index contributed by atoms with van der Waals surface area (Å²) in [4.78, 5) is 17.0. The van der Waals surface area contributed by atoms with Crippen molar-refractivity contribution in [2.24, 2.45) is 0 Å². The van der Waals surface area contributed by atoms with Crippen molar-refractivity contribution in [2.45, 2.75) is 6.42 Å². The Bertz CT molecular complexity index is 827. The maximum absolute atomic E-state index is 10.8. The quantitative estimate of drug-likeness (QED) is 0.761. The zero-order chi connectivity index (χ0) is 15.7. The van der Waals surface area contributed by atoms with Gasteiger partial charge in [0.1, 0.15) is 5.52 Å². The number of anilines is 2. The molecule has 22 heavy (non-hydrogen) atoms. The molecule has 0 saturated heterocycles. The summed E-state index contributed by atoms with van der Waals surface area (Å²) in [6.07, 6.45) is -0.0271. The molecule has 2 aromatic carbocycles. The molecule has 3 rings (SSSR count). The van der Waals surface area contributed by atoms with Crippen molar-refractivity contribution in [1.82, 2.24) is 4.98 Å². The molecular weight excluding hydrogens is 348 g/mol. The van der Waals surface area contributed by atoms with Gasteiger partial charge in [-0.25, -0.2) is 0 Å². The van der Waals surface area contributed by atoms with Crippen LogP contribution < -0.4 is 4.90 Å². The second-order valence-electron chi connectivity index (χ2n) is 4.90. The fraction of sp³-hybridized carbons (Fsp3) is 0.125. The summed E-state index contributed by atoms with van der Waals surface area (Å²) < 4.78 is 6.73. The van der Waals surface area contributed by atoms with Crippen LogP contribution in [0.25, 0.3) is 11.1 Å². The van der Waals surface area contributed by atoms with Gasteiger partial charge in [0.2, 0.25) is 0 Å². The Labute approximate surface area is 135 Å². The van der Waals surface area contributed by atoms with E-state index < -0.39 is 5.97 Å². The van der Waals surface area contributed by atoms with Crippen LogP contribution in [0.15, 0.2) is 51.4 Å². The molecule has 0 amide bonds. The molecule has 0 aliphatic heterocycles. The number of aliphatic carboxylic acids is 1. The average molecular weight is 361 g/mol. The normalized spacial score (nSPS) is 10.8. The number of carboxylic acid groups (broad SMARTS) is 1. The van der Waals surface area contributed by atoms with Gasteiger partial charge in [-0.1, -0.05) is 22.0 Å². The first-order chi connectivity index (χ1) is 10.5. The van der Waals surface area contributed by atoms with Gasteiger partial charge in [-0.3, -0.25) is 9.69 Å². The largest absolute Gasteiger partial charge is 0.481 e. The van der Waals surface area contributed by atoms with E-state index in [1.807, 2.05) is 36.2 Å². The molecule has 3 aromatic rings. The average Bonchev–Trinajstić information content (AvgIpc) is 2.90. The third kappa shape index (κ3) is 2.96. The van der Waals surface area contributed by atoms with Gasteiger partial charge in [-0.2, -0.15) is 4.98 Å². The van der Waals surface area contributed by atoms with Gasteiger partial charge in [-0.05, 0) is 42.0 Å². The molecule has 0 unspecified atom stereocenters. The molecule has 5 nitrogen and oxygen atoms in total. The second-order valence-corrected chi connectivity index (χ2v) is 5.82. The molecule has 0 bridgehead atoms. The van der Waals surface area contributed by atoms with E-state index in [1.165, 1.54) is 0 Å². The first-order valence-electron chi connectivity index (χ1n) is 6.63. The summed E-state index contributed by atoms with van der Waals surface area (Å²) in [5.74, 6) is -0.866. The highest BCUT2D eigenvalue weighted by atomic mass is 79.9. The standard InChI is InChI=1S/C16H13BrN2O3/c1-19(12-5-3-11(17)4-6-12)16-18-13-8-10(9-15(20)21)2-7-14(13)22-16/h2-8H,9H2,1H3,(H,20,21). The van der Waals surface area contributed by atoms with Crippen LogP contribution >= 0.6 is 15.9 Å². The van der Waals surface area contributed by atoms with Crippen LogP contribution in [0.5, 0.6) is 0 Å². The Kier molecular flexibility index (Phi) is 3.85. The van der Waals surface area contributed by atoms with Crippen LogP contribution in [0.2, 0.25) is 0 Å². The predicted octanol–water partition coefficient (Wildman–Crippen LogP) is 3.99. The molecule has 0 radical (unpaired) electrons. The maximum atomic E-state index is 10.8. The van der Waals surface area contributed by atoms with E-state index in [2.05, 4.69) is 20.9 Å². The van der Waals surface area contributed by atoms with E-state index in [9.17, 15) is 4.79 Å². The van der Waals surface area contributed by atoms with E-state index in [1.54, 1.807) is 18.2 Å². The Balaban J connectivity index is 1.94. The zero-order valence-electron chi connectivity index (χ0n) is 11.8. The summed E-state index contributed by atoms with van der Waals surface area (Å²) in [6.45, 7) is 0. The van der Waals surface area contributed by atoms with Gasteiger partial charge >= 0.3 is 12.0 Å². The van der Waals surface area contributed by atoms with Crippen LogP contribution in [0.1, 0.15) is 5.56 Å². The van der Waals surface area contributed by atoms with Gasteiger partial charge in [0.05, 0.1) is 6.42 Å². The van der Waals surface area contributed by atoms with Crippen LogP contribution in [-0.4, -0.2) is 23.1 Å². The van der Waals surface area contributed by atoms with Crippen molar-refractivity contribution in [3.63, 3.8) is 0 Å². The highest BCUT2D eigenvalue weighted by molar-refractivity contribution is 9.10. The number of rotatable bonds is 4. The lowest BCUT2D eigenvalue weighted by atomic mass is 10.1. The fourth-order valence-corrected chi connectivity index (χ4v) is 2.43. The highest BCUT2D eigenvalue weighted by Gasteiger charge is 2.13. The van der Waals surface area contributed by atoms with E-state index in [4.69, 9.17) is 9.52 Å². The van der Waals surface area contributed by atoms with E-state index in [0.717, 1.165) is 10.2 Å². The van der Waals surface area contributed by atoms with E-state index in [0.29, 0.717) is 22.7 Å². The van der Waals surface area contributed by atoms with Crippen LogP contribution in [0.4, 0.5) is 11.7 Å². The molecule has 1 heterocycles. The highest BCUT2D eigenvalue weighted by Crippen LogP contribution is 2.28. The third-order valence-electron chi connectivity index (χ3n) is 3.30. The number of hydrogen-bond acceptors (Lipinski definition) is 4. The zero-order valence-corrected chi connectivity index (χ0v) is 13.4. The third-order valence-corrected chi connectivity index (χ3v) is 3.83. The fourth-order valence-electron chi connectivity index (χ4n) is 2.16. The van der Waals surface area contributed by atoms with Crippen LogP contribution in [0, 0.1) is 0 Å². The minimum absolute atomic E-state index is 0.0271. The molecule has 0 aliphatic rings. The van der Waals surface area contributed by atoms with Crippen molar-refractivity contribution >= 4 is 44.7 Å². The van der Waals surface area contributed by atoms with Crippen molar-refractivity contribution in [1.29, 1.82) is 0 Å². The van der Waals surface area contributed by atoms with Gasteiger partial charge in [-0.15, -0.1) is 0 Å². The SMILES string of the molecule is CN(c1ccc(Br)cc1)c1nc2cc(CC(=O)O)ccc2o1. The van der Waals surface area contributed by atoms with E-state index in [-0.39, 0.29) is 6.42 Å². The molecule has 1 N–H and O–H groups in total. The molecule has 0 fully saturated rings. The lowest BCUT2D eigenvalue weighted by Crippen LogP contribution is -2.09. The number of nitrogens with zero attached hydrogens (tertiary/aromatic N) is 2. The number of fused-ring (bicyclic) bond motifs is 1. The summed E-state index contributed by atoms with van der Waals surface area (Å²) >= 11 is 3.40. The first-order valence-corrected chi connectivity index (χ1v) is 7.43. The van der Waals surface area contributed by atoms with Gasteiger partial charge in [0.15, 0.2) is 5.58 Å². The molecule has 1 aromatic heterocycles. The molecule has 0 aliphatic carbocycles. The topological polar surface area (TPSA) is 66.6 Å². The van der Waals surface area contributed by atoms with Crippen molar-refractivity contribution < 1.29 is 14.3 Å². The Morgan fingerprint density at radius 1 is 1.27 bits per heavy atom. The number of benzene rings is 2. The summed E-state index contributed by atoms with van der Waals surface area (Å²) in [6, 6.07) is 13.5. The minimum Gasteiger partial charge on any atom is -0.481 e. The lowest BCUT2D eigenvalue weighted by Gasteiger charge is -2.14. The summed E-state index contributed by atoms with van der Waals surface area (Å²) in [5.41, 5.74) is 2.93. The Morgan fingerprint density at radius 2 is 2.00 bits per heavy atom. The monoisotopic (exact) mass is 360 g/mol. The molecule has 0 spiro atoms. The molecular formula is C16H13BrN2O3. The molecule has 0 saturated carbocycles. The summed E-state index contributed by atoms with van der Waals surface area (Å²) in [5, 5.41) is 8.85. The van der Waals surface area contributed by atoms with Gasteiger partial charge < -0.3 is 9.52 Å². The van der Waals surface area contributed by atoms with Crippen molar-refractivity contribution in [3.8, 4) is 0 Å². The number of hydrogen-bond donors (Lipinski definition) is 1. The Hall–Kier alpha value is -2.34. The van der Waals surface area contributed by atoms with E-state index >= 15 is 0 Å². The molecule has 0 atom stereocenters. The second kappa shape index (κ2) is 5.81. The number of carbonyl (C=O) groups is 1. The van der Waals surface area contributed by atoms with Crippen molar-refractivity contribution in [2.75, 3.05) is 11.9 Å². The maximum Gasteiger partial charge on any atom is 0.307 e. The number of aromatic nitrogens is 1. The van der Waals surface area contributed by atoms with Crippen LogP contribution in [-0.2, 0) is 11.2 Å². The number of oxazole rings is 1. The van der Waals surface area contributed by atoms with Crippen LogP contribution in [0.3, 0.4) is 0 Å². The first kappa shape index (κ1) is 14.6. The van der Waals surface area contributed by atoms with Crippen molar-refractivity contribution in [3.05, 3.63) is 52.5 Å². The minimum atomic E-state index is -0.866. The lowest BCUT2D eigenvalue weighted by molar-refractivity contribution is -0.136. The number of halogens is 1. The van der Waals surface area contributed by atoms with Gasteiger partial charge in [0.25, 0.3) is 0 Å². The molecule has 112 valence electrons. The number of carboxylic acids is 1. The predicted molar refractivity (Wildman–Crippen MR) is 87.6 cm³/mol. The summed E-state index contributed by atoms with van der Waals surface area (Å²) in [7, 11) is 1.87. The van der Waals surface area contributed by atoms with Gasteiger partial charge in [0, 0.05) is 17.2 Å². The molecule has 6 heteroatoms. The Morgan fingerprint density at radius 3 is 2.68 bits per heavy atom. The smallest absolute Gasteiger partial charge is 0.307 e.